The van der Waals surface area contributed by atoms with Crippen LogP contribution in [-0.4, -0.2) is 21.5 Å². The molecule has 1 N–H and O–H groups in total. The van der Waals surface area contributed by atoms with Gasteiger partial charge in [-0.2, -0.15) is 0 Å². The molecule has 0 radical (unpaired) electrons. The van der Waals surface area contributed by atoms with E-state index in [2.05, 4.69) is 5.32 Å². The lowest BCUT2D eigenvalue weighted by molar-refractivity contribution is -0.122. The van der Waals surface area contributed by atoms with Crippen molar-refractivity contribution in [1.82, 2.24) is 9.88 Å². The van der Waals surface area contributed by atoms with Gasteiger partial charge >= 0.3 is 0 Å². The minimum absolute atomic E-state index is 0.0313. The summed E-state index contributed by atoms with van der Waals surface area (Å²) in [6.45, 7) is 3.91. The number of aromatic nitrogens is 1. The van der Waals surface area contributed by atoms with Gasteiger partial charge in [-0.15, -0.1) is 0 Å². The summed E-state index contributed by atoms with van der Waals surface area (Å²) >= 11 is 11.2. The summed E-state index contributed by atoms with van der Waals surface area (Å²) in [5.74, 6) is -0.959. The number of nitrogens with zero attached hydrogens (tertiary/aromatic N) is 2. The highest BCUT2D eigenvalue weighted by molar-refractivity contribution is 7.80. The van der Waals surface area contributed by atoms with Gasteiger partial charge in [0.15, 0.2) is 5.11 Å². The van der Waals surface area contributed by atoms with Crippen LogP contribution in [0.4, 0.5) is 5.69 Å². The number of anilines is 1. The smallest absolute Gasteiger partial charge is 0.270 e. The highest BCUT2D eigenvalue weighted by Gasteiger charge is 2.34. The van der Waals surface area contributed by atoms with Crippen LogP contribution in [0.3, 0.4) is 0 Å². The third-order valence-electron chi connectivity index (χ3n) is 4.97. The van der Waals surface area contributed by atoms with Crippen LogP contribution in [0.15, 0.2) is 66.2 Å². The van der Waals surface area contributed by atoms with Gasteiger partial charge in [0.05, 0.1) is 5.69 Å². The fourth-order valence-corrected chi connectivity index (χ4v) is 3.95. The zero-order valence-corrected chi connectivity index (χ0v) is 17.9. The van der Waals surface area contributed by atoms with Crippen LogP contribution in [0.5, 0.6) is 0 Å². The van der Waals surface area contributed by atoms with E-state index in [4.69, 9.17) is 23.8 Å². The Labute approximate surface area is 184 Å². The lowest BCUT2D eigenvalue weighted by atomic mass is 10.1. The molecule has 0 saturated carbocycles. The fourth-order valence-electron chi connectivity index (χ4n) is 3.55. The van der Waals surface area contributed by atoms with Gasteiger partial charge in [-0.05, 0) is 80.2 Å². The number of para-hydroxylation sites is 1. The Bertz CT molecular complexity index is 1200. The number of hydrogen-bond donors (Lipinski definition) is 1. The molecule has 0 bridgehead atoms. The SMILES string of the molecule is Cc1cc(/C=C2/C(=O)NC(=S)N(c3ccccc3)C2=O)c(C)n1-c1ccc(Cl)cc1. The van der Waals surface area contributed by atoms with Crippen LogP contribution < -0.4 is 10.2 Å². The van der Waals surface area contributed by atoms with Gasteiger partial charge < -0.3 is 4.57 Å². The molecule has 1 fully saturated rings. The molecule has 1 saturated heterocycles. The van der Waals surface area contributed by atoms with Crippen molar-refractivity contribution in [2.24, 2.45) is 0 Å². The first kappa shape index (κ1) is 20.1. The molecule has 1 aliphatic heterocycles. The molecular formula is C23H18ClN3O2S. The topological polar surface area (TPSA) is 54.3 Å². The summed E-state index contributed by atoms with van der Waals surface area (Å²) in [5, 5.41) is 3.34. The molecule has 0 atom stereocenters. The van der Waals surface area contributed by atoms with Gasteiger partial charge in [-0.1, -0.05) is 29.8 Å². The second-order valence-corrected chi connectivity index (χ2v) is 7.75. The number of aryl methyl sites for hydroxylation is 1. The van der Waals surface area contributed by atoms with Crippen LogP contribution in [0, 0.1) is 13.8 Å². The second-order valence-electron chi connectivity index (χ2n) is 6.93. The van der Waals surface area contributed by atoms with E-state index in [0.717, 1.165) is 22.6 Å². The largest absolute Gasteiger partial charge is 0.318 e. The Morgan fingerprint density at radius 1 is 0.967 bits per heavy atom. The summed E-state index contributed by atoms with van der Waals surface area (Å²) in [7, 11) is 0. The summed E-state index contributed by atoms with van der Waals surface area (Å²) in [6.07, 6.45) is 1.62. The van der Waals surface area contributed by atoms with Gasteiger partial charge in [0, 0.05) is 22.1 Å². The van der Waals surface area contributed by atoms with E-state index in [1.54, 1.807) is 18.2 Å². The predicted octanol–water partition coefficient (Wildman–Crippen LogP) is 4.58. The zero-order valence-electron chi connectivity index (χ0n) is 16.3. The molecule has 150 valence electrons. The first-order chi connectivity index (χ1) is 14.4. The van der Waals surface area contributed by atoms with Crippen molar-refractivity contribution in [3.63, 3.8) is 0 Å². The first-order valence-corrected chi connectivity index (χ1v) is 10.1. The maximum atomic E-state index is 13.1. The van der Waals surface area contributed by atoms with Crippen LogP contribution >= 0.6 is 23.8 Å². The fraction of sp³-hybridized carbons (Fsp3) is 0.0870. The van der Waals surface area contributed by atoms with Gasteiger partial charge in [-0.3, -0.25) is 19.8 Å². The molecule has 2 amide bonds. The van der Waals surface area contributed by atoms with Crippen molar-refractivity contribution in [3.05, 3.63) is 88.2 Å². The second kappa shape index (κ2) is 7.89. The van der Waals surface area contributed by atoms with Crippen molar-refractivity contribution >= 4 is 52.5 Å². The number of halogens is 1. The zero-order chi connectivity index (χ0) is 21.4. The van der Waals surface area contributed by atoms with Crippen LogP contribution in [-0.2, 0) is 9.59 Å². The third kappa shape index (κ3) is 3.56. The van der Waals surface area contributed by atoms with E-state index < -0.39 is 11.8 Å². The standard InChI is InChI=1S/C23H18ClN3O2S/c1-14-12-16(15(2)26(14)19-10-8-17(24)9-11-19)13-20-21(28)25-23(30)27(22(20)29)18-6-4-3-5-7-18/h3-13H,1-2H3,(H,25,28,30)/b20-13-. The molecule has 0 spiro atoms. The molecule has 4 rings (SSSR count). The van der Waals surface area contributed by atoms with E-state index in [9.17, 15) is 9.59 Å². The van der Waals surface area contributed by atoms with Crippen molar-refractivity contribution in [2.45, 2.75) is 13.8 Å². The average molecular weight is 436 g/mol. The van der Waals surface area contributed by atoms with E-state index in [-0.39, 0.29) is 10.7 Å². The lowest BCUT2D eigenvalue weighted by Crippen LogP contribution is -2.54. The lowest BCUT2D eigenvalue weighted by Gasteiger charge is -2.28. The van der Waals surface area contributed by atoms with Crippen molar-refractivity contribution in [1.29, 1.82) is 0 Å². The van der Waals surface area contributed by atoms with Gasteiger partial charge in [0.2, 0.25) is 0 Å². The maximum absolute atomic E-state index is 13.1. The molecule has 2 heterocycles. The van der Waals surface area contributed by atoms with E-state index in [1.807, 2.05) is 66.9 Å². The summed E-state index contributed by atoms with van der Waals surface area (Å²) in [4.78, 5) is 27.1. The van der Waals surface area contributed by atoms with Crippen LogP contribution in [0.1, 0.15) is 17.0 Å². The molecule has 5 nitrogen and oxygen atoms in total. The quantitative estimate of drug-likeness (QED) is 0.372. The highest BCUT2D eigenvalue weighted by atomic mass is 35.5. The van der Waals surface area contributed by atoms with Crippen molar-refractivity contribution < 1.29 is 9.59 Å². The number of nitrogens with one attached hydrogen (secondary N) is 1. The first-order valence-electron chi connectivity index (χ1n) is 9.28. The average Bonchev–Trinajstić information content (AvgIpc) is 3.00. The van der Waals surface area contributed by atoms with Crippen LogP contribution in [0.25, 0.3) is 11.8 Å². The Morgan fingerprint density at radius 3 is 2.30 bits per heavy atom. The number of carbonyl (C=O) groups excluding carboxylic acids is 2. The minimum Gasteiger partial charge on any atom is -0.318 e. The molecule has 0 unspecified atom stereocenters. The normalized spacial score (nSPS) is 15.6. The molecular weight excluding hydrogens is 418 g/mol. The van der Waals surface area contributed by atoms with Gasteiger partial charge in [-0.25, -0.2) is 0 Å². The van der Waals surface area contributed by atoms with Crippen molar-refractivity contribution in [2.75, 3.05) is 4.90 Å². The number of thiocarbonyl (C=S) groups is 1. The van der Waals surface area contributed by atoms with Gasteiger partial charge in [0.1, 0.15) is 5.57 Å². The Kier molecular flexibility index (Phi) is 5.28. The van der Waals surface area contributed by atoms with E-state index >= 15 is 0 Å². The number of benzene rings is 2. The Balaban J connectivity index is 1.76. The number of rotatable bonds is 3. The Hall–Kier alpha value is -3.22. The predicted molar refractivity (Wildman–Crippen MR) is 123 cm³/mol. The molecule has 2 aromatic carbocycles. The summed E-state index contributed by atoms with van der Waals surface area (Å²) in [6, 6.07) is 18.4. The molecule has 30 heavy (non-hydrogen) atoms. The summed E-state index contributed by atoms with van der Waals surface area (Å²) < 4.78 is 2.05. The third-order valence-corrected chi connectivity index (χ3v) is 5.51. The number of amides is 2. The molecule has 0 aliphatic carbocycles. The number of carbonyl (C=O) groups is 2. The van der Waals surface area contributed by atoms with E-state index in [1.165, 1.54) is 4.90 Å². The maximum Gasteiger partial charge on any atom is 0.270 e. The minimum atomic E-state index is -0.506. The molecule has 3 aromatic rings. The van der Waals surface area contributed by atoms with Gasteiger partial charge in [0.25, 0.3) is 11.8 Å². The molecule has 1 aromatic heterocycles. The Morgan fingerprint density at radius 2 is 1.63 bits per heavy atom. The highest BCUT2D eigenvalue weighted by Crippen LogP contribution is 2.26. The monoisotopic (exact) mass is 435 g/mol. The number of hydrogen-bond acceptors (Lipinski definition) is 3. The van der Waals surface area contributed by atoms with Crippen molar-refractivity contribution in [3.8, 4) is 5.69 Å². The van der Waals surface area contributed by atoms with E-state index in [0.29, 0.717) is 10.7 Å². The summed E-state index contributed by atoms with van der Waals surface area (Å²) in [5.41, 5.74) is 4.24. The molecule has 1 aliphatic rings. The van der Waals surface area contributed by atoms with Crippen LogP contribution in [0.2, 0.25) is 5.02 Å². The molecule has 7 heteroatoms.